The van der Waals surface area contributed by atoms with E-state index in [2.05, 4.69) is 36.9 Å². The Labute approximate surface area is 496 Å². The number of carbonyl (C=O) groups is 7. The Morgan fingerprint density at radius 1 is 0.644 bits per heavy atom. The highest BCUT2D eigenvalue weighted by atomic mass is 16.5. The number of phenols is 4. The molecule has 6 aliphatic heterocycles. The number of aromatic hydroxyl groups is 4. The Morgan fingerprint density at radius 2 is 1.24 bits per heavy atom. The molecule has 6 aliphatic rings. The van der Waals surface area contributed by atoms with E-state index in [0.29, 0.717) is 39.6 Å². The van der Waals surface area contributed by atoms with Gasteiger partial charge in [-0.2, -0.15) is 0 Å². The van der Waals surface area contributed by atoms with Crippen molar-refractivity contribution in [2.75, 3.05) is 20.1 Å². The van der Waals surface area contributed by atoms with Crippen LogP contribution in [0.5, 0.6) is 46.0 Å². The first kappa shape index (κ1) is 57.9. The number of nitrogens with zero attached hydrogens (tertiary/aromatic N) is 1. The first-order valence-electron chi connectivity index (χ1n) is 27.8. The monoisotopic (exact) mass is 1180 g/mol. The number of ether oxygens (including phenoxy) is 2. The normalized spacial score (nSPS) is 19.9. The van der Waals surface area contributed by atoms with Gasteiger partial charge in [-0.3, -0.25) is 33.6 Å². The molecule has 87 heavy (non-hydrogen) atoms. The van der Waals surface area contributed by atoms with E-state index in [9.17, 15) is 34.8 Å². The number of hydrogen-bond acceptors (Lipinski definition) is 15. The molecule has 444 valence electrons. The second-order valence-electron chi connectivity index (χ2n) is 21.4. The number of benzene rings is 7. The van der Waals surface area contributed by atoms with Crippen LogP contribution >= 0.6 is 0 Å². The molecular weight excluding hydrogens is 1120 g/mol. The third-order valence-electron chi connectivity index (χ3n) is 15.6. The van der Waals surface area contributed by atoms with Gasteiger partial charge in [0.2, 0.25) is 41.4 Å². The van der Waals surface area contributed by atoms with E-state index >= 15 is 19.2 Å². The van der Waals surface area contributed by atoms with Crippen LogP contribution in [0.15, 0.2) is 152 Å². The summed E-state index contributed by atoms with van der Waals surface area (Å²) >= 11 is 0. The molecule has 7 heterocycles. The Bertz CT molecular complexity index is 3990. The Hall–Kier alpha value is -10.9. The average Bonchev–Trinajstić information content (AvgIpc) is 2.70. The minimum absolute atomic E-state index is 0.00726. The lowest BCUT2D eigenvalue weighted by molar-refractivity contribution is -0.143. The standard InChI is InChI=1S/C64H60N10O13/c1-74-48-25-32-3-17-42(18-4-32)87-51-30-38-26-45(57(51)78)36-11-21-44-39(31-68-46(44)27-36)28-47(69-60(81)52(66)33-5-13-40(75)14-6-33)58(79)70-53(34-7-15-41(76)16-8-34)62(83)72-55(38)63(84)73-56(64(74)85)35-9-19-43(20-10-35)86-50-29-37(12-22-49(50)77)54(71-59(48)80)61(82)67-24-2-23-65/h3-22,26-27,29-31,47-48,52-56,68,75-78H,2,23-25,28,65-66H2,1H3,(H,67,82)(H,69,81)(H,70,79)(H,71,80)(H,72,83)(H,73,84)/t47-,48+,52?,53-,54-,55-,56-/m1/s1. The maximum absolute atomic E-state index is 15.8. The van der Waals surface area contributed by atoms with E-state index in [0.717, 1.165) is 4.90 Å². The van der Waals surface area contributed by atoms with Gasteiger partial charge >= 0.3 is 0 Å². The molecule has 7 atom stereocenters. The number of likely N-dealkylation sites (N-methyl/N-ethyl adjacent to an activating group) is 1. The van der Waals surface area contributed by atoms with Crippen molar-refractivity contribution in [3.63, 3.8) is 0 Å². The number of nitrogens with two attached hydrogens (primary N) is 2. The highest BCUT2D eigenvalue weighted by Crippen LogP contribution is 2.44. The van der Waals surface area contributed by atoms with Crippen LogP contribution < -0.4 is 52.8 Å². The van der Waals surface area contributed by atoms with E-state index in [4.69, 9.17) is 20.9 Å². The fraction of sp³-hybridized carbons (Fsp3) is 0.203. The number of nitrogens with one attached hydrogen (secondary N) is 7. The molecule has 23 nitrogen and oxygen atoms in total. The summed E-state index contributed by atoms with van der Waals surface area (Å²) in [5.74, 6) is -6.82. The number of carbonyl (C=O) groups excluding carboxylic acids is 7. The summed E-state index contributed by atoms with van der Waals surface area (Å²) < 4.78 is 12.6. The lowest BCUT2D eigenvalue weighted by Crippen LogP contribution is -2.55. The van der Waals surface area contributed by atoms with Crippen LogP contribution in [0.25, 0.3) is 22.0 Å². The molecule has 0 saturated carbocycles. The zero-order valence-corrected chi connectivity index (χ0v) is 46.6. The van der Waals surface area contributed by atoms with Crippen molar-refractivity contribution in [3.8, 4) is 57.1 Å². The van der Waals surface area contributed by atoms with Gasteiger partial charge in [0.15, 0.2) is 23.0 Å². The van der Waals surface area contributed by atoms with Gasteiger partial charge in [-0.15, -0.1) is 0 Å². The quantitative estimate of drug-likeness (QED) is 0.0903. The smallest absolute Gasteiger partial charge is 0.250 e. The van der Waals surface area contributed by atoms with Gasteiger partial charge in [0.05, 0.1) is 0 Å². The van der Waals surface area contributed by atoms with Crippen molar-refractivity contribution < 1.29 is 63.5 Å². The number of aromatic nitrogens is 1. The third-order valence-corrected chi connectivity index (χ3v) is 15.6. The maximum Gasteiger partial charge on any atom is 0.250 e. The van der Waals surface area contributed by atoms with Crippen LogP contribution in [0, 0.1) is 0 Å². The van der Waals surface area contributed by atoms with Crippen LogP contribution in [0.1, 0.15) is 75.6 Å². The average molecular weight is 1180 g/mol. The summed E-state index contributed by atoms with van der Waals surface area (Å²) in [6.45, 7) is 0.422. The molecule has 1 aromatic heterocycles. The molecule has 0 aliphatic carbocycles. The molecule has 15 N–H and O–H groups in total. The maximum atomic E-state index is 15.8. The molecule has 7 aromatic carbocycles. The van der Waals surface area contributed by atoms with Gasteiger partial charge in [0.25, 0.3) is 0 Å². The number of aromatic amines is 1. The summed E-state index contributed by atoms with van der Waals surface area (Å²) in [6, 6.07) is 24.7. The summed E-state index contributed by atoms with van der Waals surface area (Å²) in [5, 5.41) is 61.1. The van der Waals surface area contributed by atoms with Crippen molar-refractivity contribution >= 4 is 52.3 Å². The van der Waals surface area contributed by atoms with Crippen LogP contribution in [0.4, 0.5) is 0 Å². The Kier molecular flexibility index (Phi) is 16.2. The van der Waals surface area contributed by atoms with Gasteiger partial charge in [-0.25, -0.2) is 0 Å². The second kappa shape index (κ2) is 24.4. The fourth-order valence-electron chi connectivity index (χ4n) is 10.8. The lowest BCUT2D eigenvalue weighted by atomic mass is 9.94. The lowest BCUT2D eigenvalue weighted by Gasteiger charge is -2.33. The Balaban J connectivity index is 1.07. The summed E-state index contributed by atoms with van der Waals surface area (Å²) in [6.07, 6.45) is 1.74. The molecule has 23 heteroatoms. The van der Waals surface area contributed by atoms with Gasteiger partial charge < -0.3 is 83.2 Å². The number of amides is 7. The van der Waals surface area contributed by atoms with Gasteiger partial charge in [0.1, 0.15) is 65.3 Å². The summed E-state index contributed by atoms with van der Waals surface area (Å²) in [7, 11) is 1.37. The predicted octanol–water partition coefficient (Wildman–Crippen LogP) is 4.87. The van der Waals surface area contributed by atoms with E-state index < -0.39 is 83.6 Å². The highest BCUT2D eigenvalue weighted by molar-refractivity contribution is 6.00. The molecule has 8 aromatic rings. The van der Waals surface area contributed by atoms with Gasteiger partial charge in [-0.05, 0) is 136 Å². The zero-order valence-electron chi connectivity index (χ0n) is 46.6. The van der Waals surface area contributed by atoms with Crippen molar-refractivity contribution in [2.24, 2.45) is 11.5 Å². The van der Waals surface area contributed by atoms with E-state index in [-0.39, 0.29) is 99.7 Å². The minimum atomic E-state index is -1.84. The molecule has 0 saturated heterocycles. The molecule has 0 spiro atoms. The number of hydrogen-bond donors (Lipinski definition) is 13. The first-order valence-corrected chi connectivity index (χ1v) is 27.8. The van der Waals surface area contributed by atoms with Crippen molar-refractivity contribution in [3.05, 3.63) is 191 Å². The minimum Gasteiger partial charge on any atom is -0.508 e. The van der Waals surface area contributed by atoms with Gasteiger partial charge in [0, 0.05) is 49.1 Å². The van der Waals surface area contributed by atoms with E-state index in [1.807, 2.05) is 0 Å². The van der Waals surface area contributed by atoms with Crippen molar-refractivity contribution in [2.45, 2.75) is 61.6 Å². The topological polar surface area (TPSA) is 362 Å². The number of H-pyrrole nitrogens is 1. The summed E-state index contributed by atoms with van der Waals surface area (Å²) in [5.41, 5.74) is 15.1. The Morgan fingerprint density at radius 3 is 1.94 bits per heavy atom. The van der Waals surface area contributed by atoms with Crippen LogP contribution in [0.3, 0.4) is 0 Å². The SMILES string of the molecule is CN1C(=O)[C@@H]2NC(=O)[C@@H]3NC(=O)[C@@H](c4ccc(O)cc4)NC(=O)[C@H](NC(=O)C(N)c4ccc(O)cc4)Cc4c[nH]c5cc(ccc45)-c4cc3cc(c4O)Oc3ccc(cc3)C[C@H]1C(=O)N[C@@H](C(=O)NCCCN)c1ccc(O)c(c1)Oc1ccc2cc1. The molecule has 15 bridgehead atoms. The number of phenolic OH excluding ortho intramolecular Hbond substituents is 4. The molecule has 7 amide bonds. The summed E-state index contributed by atoms with van der Waals surface area (Å²) in [4.78, 5) is 109. The molecule has 0 radical (unpaired) electrons. The highest BCUT2D eigenvalue weighted by Gasteiger charge is 2.40. The van der Waals surface area contributed by atoms with Crippen molar-refractivity contribution in [1.82, 2.24) is 41.8 Å². The van der Waals surface area contributed by atoms with Crippen LogP contribution in [-0.4, -0.2) is 104 Å². The fourth-order valence-corrected chi connectivity index (χ4v) is 10.8. The van der Waals surface area contributed by atoms with Crippen LogP contribution in [-0.2, 0) is 46.4 Å². The van der Waals surface area contributed by atoms with Gasteiger partial charge in [-0.1, -0.05) is 66.7 Å². The number of rotatable bonds is 8. The van der Waals surface area contributed by atoms with Crippen molar-refractivity contribution in [1.29, 1.82) is 0 Å². The molecular formula is C64H60N10O13. The van der Waals surface area contributed by atoms with E-state index in [1.165, 1.54) is 110 Å². The largest absolute Gasteiger partial charge is 0.508 e. The predicted molar refractivity (Wildman–Crippen MR) is 316 cm³/mol. The first-order chi connectivity index (χ1) is 41.9. The number of fused-ring (bicyclic) bond motifs is 14. The van der Waals surface area contributed by atoms with Crippen LogP contribution in [0.2, 0.25) is 0 Å². The third kappa shape index (κ3) is 12.2. The zero-order chi connectivity index (χ0) is 61.2. The molecule has 0 fully saturated rings. The second-order valence-corrected chi connectivity index (χ2v) is 21.4. The molecule has 14 rings (SSSR count). The molecule has 1 unspecified atom stereocenters. The van der Waals surface area contributed by atoms with E-state index in [1.54, 1.807) is 48.7 Å².